The maximum atomic E-state index is 8.52. The van der Waals surface area contributed by atoms with E-state index in [1.165, 1.54) is 0 Å². The van der Waals surface area contributed by atoms with Crippen molar-refractivity contribution >= 4 is 7.05 Å². The van der Waals surface area contributed by atoms with E-state index in [1.807, 2.05) is 0 Å². The Kier molecular flexibility index (Phi) is 11.0. The summed E-state index contributed by atoms with van der Waals surface area (Å²) in [5.74, 6) is 0. The van der Waals surface area contributed by atoms with Crippen LogP contribution in [0, 0.1) is 13.3 Å². The van der Waals surface area contributed by atoms with Crippen molar-refractivity contribution in [2.75, 3.05) is 6.54 Å². The smallest absolute Gasteiger partial charge is 0.373 e. The summed E-state index contributed by atoms with van der Waals surface area (Å²) in [5, 5.41) is 11.3. The van der Waals surface area contributed by atoms with Crippen LogP contribution in [0.25, 0.3) is 0 Å². The third-order valence-corrected chi connectivity index (χ3v) is 0.558. The van der Waals surface area contributed by atoms with Gasteiger partial charge < -0.3 is 17.2 Å². The molecule has 0 amide bonds. The standard InChI is InChI=1S/C4H10BNO.W/c1-3-4-6-5(2)7;/h3,6-7H,1,4H2,2H3;/q-1;. The summed E-state index contributed by atoms with van der Waals surface area (Å²) < 4.78 is 0. The number of nitrogens with one attached hydrogen (secondary N) is 1. The molecule has 0 bridgehead atoms. The molecule has 0 aliphatic heterocycles. The van der Waals surface area contributed by atoms with Crippen LogP contribution in [0.5, 0.6) is 0 Å². The summed E-state index contributed by atoms with van der Waals surface area (Å²) >= 11 is 0. The number of rotatable bonds is 3. The van der Waals surface area contributed by atoms with Crippen molar-refractivity contribution in [1.29, 1.82) is 0 Å². The van der Waals surface area contributed by atoms with Crippen molar-refractivity contribution in [2.24, 2.45) is 0 Å². The van der Waals surface area contributed by atoms with Crippen LogP contribution in [-0.2, 0) is 21.1 Å². The Bertz CT molecular complexity index is 45.0. The molecule has 8 heavy (non-hydrogen) atoms. The first-order valence-corrected chi connectivity index (χ1v) is 2.29. The molecule has 47 valence electrons. The fourth-order valence-electron chi connectivity index (χ4n) is 0.254. The molecule has 0 fully saturated rings. The Balaban J connectivity index is 0. The van der Waals surface area contributed by atoms with Crippen molar-refractivity contribution in [2.45, 2.75) is 6.82 Å². The number of hydrogen-bond donors (Lipinski definition) is 2. The molecule has 4 heteroatoms. The molecule has 0 saturated carbocycles. The van der Waals surface area contributed by atoms with Crippen LogP contribution in [-0.4, -0.2) is 18.6 Å². The third kappa shape index (κ3) is 9.83. The molecule has 1 radical (unpaired) electrons. The van der Waals surface area contributed by atoms with E-state index in [0.29, 0.717) is 6.54 Å². The topological polar surface area (TPSA) is 32.3 Å². The summed E-state index contributed by atoms with van der Waals surface area (Å²) in [7, 11) is -0.419. The first-order valence-electron chi connectivity index (χ1n) is 2.29. The van der Waals surface area contributed by atoms with Gasteiger partial charge in [0.1, 0.15) is 0 Å². The Morgan fingerprint density at radius 1 is 1.88 bits per heavy atom. The summed E-state index contributed by atoms with van der Waals surface area (Å²) in [5.41, 5.74) is 0. The van der Waals surface area contributed by atoms with E-state index in [9.17, 15) is 0 Å². The van der Waals surface area contributed by atoms with Gasteiger partial charge in [0.2, 0.25) is 0 Å². The summed E-state index contributed by atoms with van der Waals surface area (Å²) in [6.45, 7) is 5.79. The molecule has 0 aromatic rings. The van der Waals surface area contributed by atoms with Crippen molar-refractivity contribution in [3.05, 3.63) is 13.3 Å². The van der Waals surface area contributed by atoms with E-state index in [2.05, 4.69) is 12.2 Å². The number of hydrogen-bond acceptors (Lipinski definition) is 2. The quantitative estimate of drug-likeness (QED) is 0.551. The first-order chi connectivity index (χ1) is 3.27. The van der Waals surface area contributed by atoms with Gasteiger partial charge in [-0.2, -0.15) is 6.42 Å². The fourth-order valence-corrected chi connectivity index (χ4v) is 0.254. The van der Waals surface area contributed by atoms with Gasteiger partial charge in [-0.25, -0.2) is 0 Å². The molecule has 0 aromatic carbocycles. The zero-order valence-corrected chi connectivity index (χ0v) is 7.86. The summed E-state index contributed by atoms with van der Waals surface area (Å²) in [6.07, 6.45) is 1.70. The zero-order chi connectivity index (χ0) is 5.70. The van der Waals surface area contributed by atoms with Crippen LogP contribution < -0.4 is 5.23 Å². The van der Waals surface area contributed by atoms with Gasteiger partial charge in [0.25, 0.3) is 0 Å². The molecule has 0 aliphatic rings. The van der Waals surface area contributed by atoms with Crippen LogP contribution in [0.2, 0.25) is 6.82 Å². The molecule has 0 atom stereocenters. The zero-order valence-electron chi connectivity index (χ0n) is 4.92. The minimum absolute atomic E-state index is 0. The predicted molar refractivity (Wildman–Crippen MR) is 31.5 cm³/mol. The van der Waals surface area contributed by atoms with Gasteiger partial charge in [-0.15, -0.1) is 0 Å². The van der Waals surface area contributed by atoms with Gasteiger partial charge >= 0.3 is 7.05 Å². The second-order valence-corrected chi connectivity index (χ2v) is 1.37. The van der Waals surface area contributed by atoms with Crippen molar-refractivity contribution < 1.29 is 26.1 Å². The van der Waals surface area contributed by atoms with Gasteiger partial charge in [0.15, 0.2) is 0 Å². The van der Waals surface area contributed by atoms with Crippen LogP contribution in [0.15, 0.2) is 0 Å². The van der Waals surface area contributed by atoms with E-state index in [0.717, 1.165) is 0 Å². The Labute approximate surface area is 65.4 Å². The molecule has 0 unspecified atom stereocenters. The Morgan fingerprint density at radius 2 is 2.38 bits per heavy atom. The predicted octanol–water partition coefficient (Wildman–Crippen LogP) is -0.278. The van der Waals surface area contributed by atoms with Gasteiger partial charge in [-0.1, -0.05) is 0 Å². The Hall–Kier alpha value is 0.673. The molecule has 0 heterocycles. The molecular formula is C4H10BNOW-. The molecule has 0 spiro atoms. The maximum absolute atomic E-state index is 8.52. The largest absolute Gasteiger partial charge is 0.437 e. The van der Waals surface area contributed by atoms with Gasteiger partial charge in [-0.3, -0.25) is 0 Å². The van der Waals surface area contributed by atoms with Gasteiger partial charge in [0, 0.05) is 21.1 Å². The molecule has 0 aliphatic carbocycles. The van der Waals surface area contributed by atoms with E-state index >= 15 is 0 Å². The first kappa shape index (κ1) is 11.5. The van der Waals surface area contributed by atoms with Crippen molar-refractivity contribution in [1.82, 2.24) is 5.23 Å². The minimum atomic E-state index is -0.419. The van der Waals surface area contributed by atoms with Crippen LogP contribution in [0.1, 0.15) is 0 Å². The summed E-state index contributed by atoms with van der Waals surface area (Å²) in [6, 6.07) is 0. The van der Waals surface area contributed by atoms with E-state index in [1.54, 1.807) is 13.2 Å². The maximum Gasteiger partial charge on any atom is 0.373 e. The second-order valence-electron chi connectivity index (χ2n) is 1.37. The van der Waals surface area contributed by atoms with Gasteiger partial charge in [-0.05, 0) is 13.4 Å². The van der Waals surface area contributed by atoms with Gasteiger partial charge in [0.05, 0.1) is 0 Å². The SMILES string of the molecule is [CH2-][CH]CNB(C)O.[W]. The molecular weight excluding hydrogens is 273 g/mol. The van der Waals surface area contributed by atoms with E-state index < -0.39 is 7.05 Å². The third-order valence-electron chi connectivity index (χ3n) is 0.558. The molecule has 2 N–H and O–H groups in total. The van der Waals surface area contributed by atoms with Crippen molar-refractivity contribution in [3.8, 4) is 0 Å². The Morgan fingerprint density at radius 3 is 2.50 bits per heavy atom. The molecule has 0 saturated heterocycles. The minimum Gasteiger partial charge on any atom is -0.437 e. The van der Waals surface area contributed by atoms with E-state index in [-0.39, 0.29) is 21.1 Å². The van der Waals surface area contributed by atoms with Crippen LogP contribution in [0.3, 0.4) is 0 Å². The average molecular weight is 283 g/mol. The van der Waals surface area contributed by atoms with Crippen LogP contribution in [0.4, 0.5) is 0 Å². The molecule has 0 aromatic heterocycles. The second kappa shape index (κ2) is 7.67. The summed E-state index contributed by atoms with van der Waals surface area (Å²) in [4.78, 5) is 0. The molecule has 2 nitrogen and oxygen atoms in total. The average Bonchev–Trinajstić information content (AvgIpc) is 1.61. The fraction of sp³-hybridized carbons (Fsp3) is 0.500. The van der Waals surface area contributed by atoms with E-state index in [4.69, 9.17) is 5.02 Å². The van der Waals surface area contributed by atoms with Crippen molar-refractivity contribution in [3.63, 3.8) is 0 Å². The normalized spacial score (nSPS) is 7.88. The monoisotopic (exact) mass is 283 g/mol. The van der Waals surface area contributed by atoms with Crippen LogP contribution >= 0.6 is 0 Å². The molecule has 0 rings (SSSR count).